The number of hydrogen-bond donors (Lipinski definition) is 3. The van der Waals surface area contributed by atoms with Gasteiger partial charge in [0.25, 0.3) is 0 Å². The largest absolute Gasteiger partial charge is 0.392 e. The van der Waals surface area contributed by atoms with Crippen molar-refractivity contribution in [3.8, 4) is 6.07 Å². The van der Waals surface area contributed by atoms with E-state index in [2.05, 4.69) is 19.2 Å². The lowest BCUT2D eigenvalue weighted by Crippen LogP contribution is -2.31. The number of nitrogens with zero attached hydrogens (tertiary/aromatic N) is 1. The molecule has 0 amide bonds. The van der Waals surface area contributed by atoms with Gasteiger partial charge in [0.2, 0.25) is 0 Å². The Balaban J connectivity index is 2.34. The van der Waals surface area contributed by atoms with Crippen LogP contribution in [-0.2, 0) is 0 Å². The number of aliphatic hydroxyl groups is 2. The van der Waals surface area contributed by atoms with Gasteiger partial charge in [-0.1, -0.05) is 26.0 Å². The Morgan fingerprint density at radius 2 is 1.79 bits per heavy atom. The molecule has 104 valence electrons. The third-order valence-corrected chi connectivity index (χ3v) is 2.89. The van der Waals surface area contributed by atoms with Crippen molar-refractivity contribution in [2.24, 2.45) is 5.92 Å². The summed E-state index contributed by atoms with van der Waals surface area (Å²) in [5.41, 5.74) is 1.35. The van der Waals surface area contributed by atoms with E-state index in [4.69, 9.17) is 5.26 Å². The number of benzene rings is 1. The minimum absolute atomic E-state index is 0.381. The van der Waals surface area contributed by atoms with Crippen LogP contribution in [0.2, 0.25) is 0 Å². The van der Waals surface area contributed by atoms with Gasteiger partial charge in [-0.3, -0.25) is 0 Å². The molecule has 0 saturated carbocycles. The van der Waals surface area contributed by atoms with Gasteiger partial charge in [-0.2, -0.15) is 5.26 Å². The fourth-order valence-electron chi connectivity index (χ4n) is 1.91. The molecule has 3 N–H and O–H groups in total. The summed E-state index contributed by atoms with van der Waals surface area (Å²) < 4.78 is 0. The zero-order valence-corrected chi connectivity index (χ0v) is 11.5. The summed E-state index contributed by atoms with van der Waals surface area (Å²) in [6.45, 7) is 5.00. The summed E-state index contributed by atoms with van der Waals surface area (Å²) in [6, 6.07) is 8.90. The van der Waals surface area contributed by atoms with Gasteiger partial charge < -0.3 is 15.5 Å². The van der Waals surface area contributed by atoms with Crippen LogP contribution in [0.4, 0.5) is 0 Å². The minimum atomic E-state index is -0.626. The molecular weight excluding hydrogens is 240 g/mol. The smallest absolute Gasteiger partial charge is 0.0991 e. The number of rotatable bonds is 7. The average Bonchev–Trinajstić information content (AvgIpc) is 2.37. The van der Waals surface area contributed by atoms with Crippen molar-refractivity contribution in [3.63, 3.8) is 0 Å². The standard InChI is InChI=1S/C15H22N2O2/c1-11(2)7-14(18)9-17-10-15(19)13-5-3-12(8-16)4-6-13/h3-6,11,14-15,17-19H,7,9-10H2,1-2H3. The topological polar surface area (TPSA) is 76.3 Å². The van der Waals surface area contributed by atoms with E-state index < -0.39 is 6.10 Å². The molecule has 0 spiro atoms. The molecule has 0 heterocycles. The quantitative estimate of drug-likeness (QED) is 0.697. The van der Waals surface area contributed by atoms with E-state index in [0.29, 0.717) is 24.6 Å². The fourth-order valence-corrected chi connectivity index (χ4v) is 1.91. The van der Waals surface area contributed by atoms with Gasteiger partial charge in [-0.25, -0.2) is 0 Å². The molecule has 4 heteroatoms. The van der Waals surface area contributed by atoms with Crippen LogP contribution < -0.4 is 5.32 Å². The highest BCUT2D eigenvalue weighted by atomic mass is 16.3. The minimum Gasteiger partial charge on any atom is -0.392 e. The lowest BCUT2D eigenvalue weighted by molar-refractivity contribution is 0.131. The third-order valence-electron chi connectivity index (χ3n) is 2.89. The van der Waals surface area contributed by atoms with Gasteiger partial charge in [0.1, 0.15) is 0 Å². The van der Waals surface area contributed by atoms with Gasteiger partial charge in [0, 0.05) is 13.1 Å². The molecule has 0 bridgehead atoms. The molecule has 2 unspecified atom stereocenters. The summed E-state index contributed by atoms with van der Waals surface area (Å²) in [5, 5.41) is 31.4. The second-order valence-electron chi connectivity index (χ2n) is 5.19. The summed E-state index contributed by atoms with van der Waals surface area (Å²) >= 11 is 0. The molecule has 1 aromatic carbocycles. The molecular formula is C15H22N2O2. The Hall–Kier alpha value is -1.41. The van der Waals surface area contributed by atoms with E-state index in [-0.39, 0.29) is 6.10 Å². The zero-order chi connectivity index (χ0) is 14.3. The van der Waals surface area contributed by atoms with Crippen LogP contribution in [0.15, 0.2) is 24.3 Å². The first kappa shape index (κ1) is 15.6. The highest BCUT2D eigenvalue weighted by Gasteiger charge is 2.10. The molecule has 0 aliphatic heterocycles. The van der Waals surface area contributed by atoms with Gasteiger partial charge in [0.15, 0.2) is 0 Å². The summed E-state index contributed by atoms with van der Waals surface area (Å²) in [4.78, 5) is 0. The summed E-state index contributed by atoms with van der Waals surface area (Å²) in [6.07, 6.45) is -0.257. The maximum atomic E-state index is 9.95. The summed E-state index contributed by atoms with van der Waals surface area (Å²) in [5.74, 6) is 0.459. The van der Waals surface area contributed by atoms with Gasteiger partial charge in [0.05, 0.1) is 23.8 Å². The number of hydrogen-bond acceptors (Lipinski definition) is 4. The fraction of sp³-hybridized carbons (Fsp3) is 0.533. The van der Waals surface area contributed by atoms with Crippen LogP contribution in [0.1, 0.15) is 37.5 Å². The van der Waals surface area contributed by atoms with Crippen LogP contribution in [0.5, 0.6) is 0 Å². The van der Waals surface area contributed by atoms with Crippen molar-refractivity contribution < 1.29 is 10.2 Å². The second-order valence-corrected chi connectivity index (χ2v) is 5.19. The maximum absolute atomic E-state index is 9.95. The number of nitriles is 1. The van der Waals surface area contributed by atoms with Crippen molar-refractivity contribution in [2.75, 3.05) is 13.1 Å². The Morgan fingerprint density at radius 3 is 2.32 bits per heavy atom. The Bertz CT molecular complexity index is 409. The van der Waals surface area contributed by atoms with E-state index in [1.807, 2.05) is 6.07 Å². The Labute approximate surface area is 114 Å². The molecule has 1 aromatic rings. The SMILES string of the molecule is CC(C)CC(O)CNCC(O)c1ccc(C#N)cc1. The second kappa shape index (κ2) is 7.90. The van der Waals surface area contributed by atoms with Gasteiger partial charge in [-0.05, 0) is 30.0 Å². The molecule has 0 radical (unpaired) electrons. The van der Waals surface area contributed by atoms with Crippen molar-refractivity contribution >= 4 is 0 Å². The molecule has 19 heavy (non-hydrogen) atoms. The highest BCUT2D eigenvalue weighted by molar-refractivity contribution is 5.32. The van der Waals surface area contributed by atoms with Crippen LogP contribution in [0.25, 0.3) is 0 Å². The summed E-state index contributed by atoms with van der Waals surface area (Å²) in [7, 11) is 0. The van der Waals surface area contributed by atoms with E-state index in [1.54, 1.807) is 24.3 Å². The number of nitrogens with one attached hydrogen (secondary N) is 1. The van der Waals surface area contributed by atoms with Gasteiger partial charge in [-0.15, -0.1) is 0 Å². The Kier molecular flexibility index (Phi) is 6.51. The average molecular weight is 262 g/mol. The molecule has 4 nitrogen and oxygen atoms in total. The first-order valence-electron chi connectivity index (χ1n) is 6.59. The molecule has 0 aromatic heterocycles. The van der Waals surface area contributed by atoms with E-state index in [9.17, 15) is 10.2 Å². The molecule has 0 aliphatic rings. The highest BCUT2D eigenvalue weighted by Crippen LogP contribution is 2.12. The van der Waals surface area contributed by atoms with E-state index in [1.165, 1.54) is 0 Å². The lowest BCUT2D eigenvalue weighted by atomic mass is 10.1. The molecule has 0 fully saturated rings. The van der Waals surface area contributed by atoms with E-state index >= 15 is 0 Å². The van der Waals surface area contributed by atoms with Crippen molar-refractivity contribution in [1.29, 1.82) is 5.26 Å². The monoisotopic (exact) mass is 262 g/mol. The van der Waals surface area contributed by atoms with Crippen molar-refractivity contribution in [2.45, 2.75) is 32.5 Å². The maximum Gasteiger partial charge on any atom is 0.0991 e. The van der Waals surface area contributed by atoms with Crippen LogP contribution in [0.3, 0.4) is 0 Å². The van der Waals surface area contributed by atoms with Gasteiger partial charge >= 0.3 is 0 Å². The normalized spacial score (nSPS) is 14.1. The Morgan fingerprint density at radius 1 is 1.16 bits per heavy atom. The molecule has 0 saturated heterocycles. The predicted octanol–water partition coefficient (Wildman–Crippen LogP) is 1.59. The van der Waals surface area contributed by atoms with Crippen LogP contribution >= 0.6 is 0 Å². The first-order chi connectivity index (χ1) is 9.02. The number of aliphatic hydroxyl groups excluding tert-OH is 2. The van der Waals surface area contributed by atoms with Crippen molar-refractivity contribution in [3.05, 3.63) is 35.4 Å². The van der Waals surface area contributed by atoms with Crippen LogP contribution in [-0.4, -0.2) is 29.4 Å². The lowest BCUT2D eigenvalue weighted by Gasteiger charge is -2.16. The molecule has 2 atom stereocenters. The van der Waals surface area contributed by atoms with Crippen LogP contribution in [0, 0.1) is 17.2 Å². The first-order valence-corrected chi connectivity index (χ1v) is 6.59. The predicted molar refractivity (Wildman–Crippen MR) is 74.4 cm³/mol. The van der Waals surface area contributed by atoms with E-state index in [0.717, 1.165) is 12.0 Å². The van der Waals surface area contributed by atoms with Crippen molar-refractivity contribution in [1.82, 2.24) is 5.32 Å². The molecule has 1 rings (SSSR count). The molecule has 0 aliphatic carbocycles. The third kappa shape index (κ3) is 5.84. The zero-order valence-electron chi connectivity index (χ0n) is 11.5.